The summed E-state index contributed by atoms with van der Waals surface area (Å²) in [6, 6.07) is 24.8. The van der Waals surface area contributed by atoms with Crippen LogP contribution in [0.5, 0.6) is 17.2 Å². The van der Waals surface area contributed by atoms with Gasteiger partial charge in [0, 0.05) is 33.9 Å². The van der Waals surface area contributed by atoms with E-state index in [0.29, 0.717) is 70.9 Å². The molecule has 262 valence electrons. The Morgan fingerprint density at radius 2 is 1.24 bits per heavy atom. The predicted molar refractivity (Wildman–Crippen MR) is 194 cm³/mol. The number of nitrogens with zero attached hydrogens (tertiary/aromatic N) is 1. The summed E-state index contributed by atoms with van der Waals surface area (Å²) in [5.41, 5.74) is 2.36. The lowest BCUT2D eigenvalue weighted by Crippen LogP contribution is -2.30. The molecule has 11 heteroatoms. The van der Waals surface area contributed by atoms with E-state index in [4.69, 9.17) is 18.9 Å². The first-order valence-electron chi connectivity index (χ1n) is 16.2. The molecule has 1 saturated carbocycles. The number of esters is 3. The first kappa shape index (κ1) is 36.7. The molecule has 0 heterocycles. The normalized spacial score (nSPS) is 15.5. The van der Waals surface area contributed by atoms with Gasteiger partial charge in [-0.05, 0) is 129 Å². The number of hydrogen-bond donors (Lipinski definition) is 0. The minimum atomic E-state index is -0.487. The second kappa shape index (κ2) is 16.9. The highest BCUT2D eigenvalue weighted by molar-refractivity contribution is 9.10. The van der Waals surface area contributed by atoms with Crippen molar-refractivity contribution in [2.24, 2.45) is 11.8 Å². The highest BCUT2D eigenvalue weighted by Gasteiger charge is 2.32. The zero-order valence-corrected chi connectivity index (χ0v) is 29.9. The fourth-order valence-corrected chi connectivity index (χ4v) is 5.89. The SMILES string of the molecule is COC(=O)c1ccc(C(=O)N(C)c2ccc(OC(=O)C3CCC(C(=O)Oc4ccc(OC)cc4/C=C/C(=O)c4ccc(Br)cc4)CC3)cc2)cc1. The average molecular weight is 755 g/mol. The molecule has 10 nitrogen and oxygen atoms in total. The number of hydrogen-bond acceptors (Lipinski definition) is 9. The smallest absolute Gasteiger partial charge is 0.337 e. The van der Waals surface area contributed by atoms with Crippen LogP contribution >= 0.6 is 15.9 Å². The third kappa shape index (κ3) is 9.37. The number of amides is 1. The summed E-state index contributed by atoms with van der Waals surface area (Å²) in [4.78, 5) is 65.0. The van der Waals surface area contributed by atoms with Crippen molar-refractivity contribution in [1.82, 2.24) is 0 Å². The monoisotopic (exact) mass is 753 g/mol. The maximum atomic E-state index is 13.2. The third-order valence-corrected chi connectivity index (χ3v) is 9.19. The second-order valence-electron chi connectivity index (χ2n) is 11.9. The number of carbonyl (C=O) groups is 5. The van der Waals surface area contributed by atoms with E-state index in [1.807, 2.05) is 0 Å². The van der Waals surface area contributed by atoms with Gasteiger partial charge in [0.1, 0.15) is 17.2 Å². The number of benzene rings is 4. The Kier molecular flexibility index (Phi) is 12.2. The zero-order valence-electron chi connectivity index (χ0n) is 28.3. The minimum Gasteiger partial charge on any atom is -0.497 e. The van der Waals surface area contributed by atoms with Crippen molar-refractivity contribution in [3.05, 3.63) is 124 Å². The summed E-state index contributed by atoms with van der Waals surface area (Å²) in [6.45, 7) is 0. The van der Waals surface area contributed by atoms with Gasteiger partial charge in [0.15, 0.2) is 5.78 Å². The molecule has 0 unspecified atom stereocenters. The van der Waals surface area contributed by atoms with Gasteiger partial charge in [-0.2, -0.15) is 0 Å². The Hall–Kier alpha value is -5.55. The highest BCUT2D eigenvalue weighted by atomic mass is 79.9. The number of rotatable bonds is 11. The van der Waals surface area contributed by atoms with Crippen LogP contribution in [0.1, 0.15) is 62.3 Å². The number of anilines is 1. The van der Waals surface area contributed by atoms with Crippen LogP contribution in [-0.4, -0.2) is 50.9 Å². The predicted octanol–water partition coefficient (Wildman–Crippen LogP) is 7.73. The number of carbonyl (C=O) groups excluding carboxylic acids is 5. The number of ketones is 1. The largest absolute Gasteiger partial charge is 0.497 e. The third-order valence-electron chi connectivity index (χ3n) is 8.66. The Morgan fingerprint density at radius 1 is 0.686 bits per heavy atom. The standard InChI is InChI=1S/C40H36BrNO9/c1-42(37(44)26-4-6-27(7-5-26)38(45)49-3)32-17-19-33(20-18-32)50-39(46)28-8-10-29(11-9-28)40(47)51-36-23-21-34(48-2)24-30(36)14-22-35(43)25-12-15-31(41)16-13-25/h4-7,12-24,28-29H,8-11H2,1-3H3/b22-14+. The summed E-state index contributed by atoms with van der Waals surface area (Å²) < 4.78 is 22.3. The molecule has 1 aliphatic rings. The molecule has 0 bridgehead atoms. The lowest BCUT2D eigenvalue weighted by Gasteiger charge is -2.26. The van der Waals surface area contributed by atoms with Crippen molar-refractivity contribution in [2.45, 2.75) is 25.7 Å². The second-order valence-corrected chi connectivity index (χ2v) is 12.8. The van der Waals surface area contributed by atoms with E-state index < -0.39 is 17.9 Å². The van der Waals surface area contributed by atoms with Gasteiger partial charge in [-0.15, -0.1) is 0 Å². The van der Waals surface area contributed by atoms with Crippen molar-refractivity contribution in [2.75, 3.05) is 26.2 Å². The molecule has 1 amide bonds. The molecule has 1 aliphatic carbocycles. The molecule has 5 rings (SSSR count). The van der Waals surface area contributed by atoms with Crippen LogP contribution in [0.3, 0.4) is 0 Å². The van der Waals surface area contributed by atoms with Gasteiger partial charge in [0.05, 0.1) is 31.6 Å². The van der Waals surface area contributed by atoms with E-state index in [-0.39, 0.29) is 23.6 Å². The number of allylic oxidation sites excluding steroid dienone is 1. The molecular formula is C40H36BrNO9. The van der Waals surface area contributed by atoms with Gasteiger partial charge in [0.2, 0.25) is 0 Å². The molecule has 0 saturated heterocycles. The Bertz CT molecular complexity index is 1930. The van der Waals surface area contributed by atoms with E-state index >= 15 is 0 Å². The highest BCUT2D eigenvalue weighted by Crippen LogP contribution is 2.33. The van der Waals surface area contributed by atoms with E-state index in [1.54, 1.807) is 92.0 Å². The van der Waals surface area contributed by atoms with Gasteiger partial charge in [0.25, 0.3) is 5.91 Å². The fraction of sp³-hybridized carbons (Fsp3) is 0.225. The average Bonchev–Trinajstić information content (AvgIpc) is 3.17. The molecular weight excluding hydrogens is 718 g/mol. The molecule has 0 atom stereocenters. The first-order valence-corrected chi connectivity index (χ1v) is 17.0. The van der Waals surface area contributed by atoms with Crippen LogP contribution < -0.4 is 19.1 Å². The summed E-state index contributed by atoms with van der Waals surface area (Å²) in [5.74, 6) is -1.36. The summed E-state index contributed by atoms with van der Waals surface area (Å²) >= 11 is 3.36. The van der Waals surface area contributed by atoms with Crippen LogP contribution in [0.15, 0.2) is 102 Å². The van der Waals surface area contributed by atoms with Gasteiger partial charge in [-0.3, -0.25) is 19.2 Å². The first-order chi connectivity index (χ1) is 24.6. The van der Waals surface area contributed by atoms with Crippen LogP contribution in [-0.2, 0) is 14.3 Å². The van der Waals surface area contributed by atoms with Gasteiger partial charge in [-0.1, -0.05) is 15.9 Å². The van der Waals surface area contributed by atoms with E-state index in [9.17, 15) is 24.0 Å². The molecule has 0 aliphatic heterocycles. The summed E-state index contributed by atoms with van der Waals surface area (Å²) in [6.07, 6.45) is 4.84. The number of ether oxygens (including phenoxy) is 4. The van der Waals surface area contributed by atoms with Crippen LogP contribution in [0.4, 0.5) is 5.69 Å². The lowest BCUT2D eigenvalue weighted by molar-refractivity contribution is -0.145. The maximum Gasteiger partial charge on any atom is 0.337 e. The van der Waals surface area contributed by atoms with E-state index in [0.717, 1.165) is 4.47 Å². The molecule has 4 aromatic carbocycles. The Morgan fingerprint density at radius 3 is 1.82 bits per heavy atom. The molecule has 0 spiro atoms. The summed E-state index contributed by atoms with van der Waals surface area (Å²) in [5, 5.41) is 0. The number of methoxy groups -OCH3 is 2. The summed E-state index contributed by atoms with van der Waals surface area (Å²) in [7, 11) is 4.44. The van der Waals surface area contributed by atoms with Gasteiger partial charge < -0.3 is 23.8 Å². The molecule has 51 heavy (non-hydrogen) atoms. The fourth-order valence-electron chi connectivity index (χ4n) is 5.62. The van der Waals surface area contributed by atoms with E-state index in [1.165, 1.54) is 37.3 Å². The maximum absolute atomic E-state index is 13.2. The van der Waals surface area contributed by atoms with Crippen LogP contribution in [0, 0.1) is 11.8 Å². The quantitative estimate of drug-likeness (QED) is 0.0655. The minimum absolute atomic E-state index is 0.202. The topological polar surface area (TPSA) is 126 Å². The van der Waals surface area contributed by atoms with Crippen molar-refractivity contribution in [3.63, 3.8) is 0 Å². The van der Waals surface area contributed by atoms with Crippen LogP contribution in [0.25, 0.3) is 6.08 Å². The molecule has 4 aromatic rings. The molecule has 0 N–H and O–H groups in total. The molecule has 0 radical (unpaired) electrons. The van der Waals surface area contributed by atoms with E-state index in [2.05, 4.69) is 15.9 Å². The Labute approximate surface area is 304 Å². The van der Waals surface area contributed by atoms with Crippen molar-refractivity contribution in [3.8, 4) is 17.2 Å². The van der Waals surface area contributed by atoms with Crippen molar-refractivity contribution >= 4 is 57.3 Å². The van der Waals surface area contributed by atoms with Gasteiger partial charge in [-0.25, -0.2) is 4.79 Å². The molecule has 1 fully saturated rings. The zero-order chi connectivity index (χ0) is 36.5. The van der Waals surface area contributed by atoms with Crippen LogP contribution in [0.2, 0.25) is 0 Å². The van der Waals surface area contributed by atoms with Gasteiger partial charge >= 0.3 is 17.9 Å². The number of halogens is 1. The van der Waals surface area contributed by atoms with Crippen molar-refractivity contribution in [1.29, 1.82) is 0 Å². The Balaban J connectivity index is 1.13. The van der Waals surface area contributed by atoms with Crippen molar-refractivity contribution < 1.29 is 42.9 Å². The lowest BCUT2D eigenvalue weighted by atomic mass is 9.82. The molecule has 0 aromatic heterocycles.